The van der Waals surface area contributed by atoms with E-state index >= 15 is 0 Å². The molecule has 0 amide bonds. The van der Waals surface area contributed by atoms with Crippen LogP contribution in [0.4, 0.5) is 0 Å². The minimum atomic E-state index is 0.550. The molecule has 1 fully saturated rings. The molecule has 0 bridgehead atoms. The number of hydrogen-bond acceptors (Lipinski definition) is 4. The molecule has 0 unspecified atom stereocenters. The molecule has 0 spiro atoms. The van der Waals surface area contributed by atoms with Gasteiger partial charge in [-0.2, -0.15) is 0 Å². The van der Waals surface area contributed by atoms with Crippen LogP contribution in [0.25, 0.3) is 0 Å². The molecule has 3 nitrogen and oxygen atoms in total. The molecule has 1 N–H and O–H groups in total. The Hall–Kier alpha value is -1.04. The normalized spacial score (nSPS) is 14.2. The predicted octanol–water partition coefficient (Wildman–Crippen LogP) is 4.35. The van der Waals surface area contributed by atoms with Gasteiger partial charge in [0.2, 0.25) is 0 Å². The van der Waals surface area contributed by atoms with Crippen LogP contribution in [0.5, 0.6) is 11.5 Å². The average molecular weight is 368 g/mol. The third-order valence-corrected chi connectivity index (χ3v) is 5.35. The molecule has 1 heterocycles. The van der Waals surface area contributed by atoms with Crippen LogP contribution in [0.15, 0.2) is 34.1 Å². The Labute approximate surface area is 137 Å². The van der Waals surface area contributed by atoms with E-state index in [1.165, 1.54) is 23.3 Å². The minimum Gasteiger partial charge on any atom is -0.493 e. The Morgan fingerprint density at radius 3 is 2.81 bits per heavy atom. The molecule has 112 valence electrons. The third-order valence-electron chi connectivity index (χ3n) is 3.45. The highest BCUT2D eigenvalue weighted by Gasteiger charge is 2.20. The van der Waals surface area contributed by atoms with E-state index in [1.54, 1.807) is 18.4 Å². The molecule has 1 aliphatic carbocycles. The number of hydrogen-bond donors (Lipinski definition) is 1. The fourth-order valence-electron chi connectivity index (χ4n) is 2.06. The quantitative estimate of drug-likeness (QED) is 0.788. The lowest BCUT2D eigenvalue weighted by Crippen LogP contribution is -2.15. The summed E-state index contributed by atoms with van der Waals surface area (Å²) in [6, 6.07) is 8.87. The van der Waals surface area contributed by atoms with Gasteiger partial charge in [-0.05, 0) is 57.9 Å². The van der Waals surface area contributed by atoms with Crippen molar-refractivity contribution in [3.8, 4) is 11.5 Å². The SMILES string of the molecule is COc1ccc(CNC2CC2)cc1OCc1sccc1Br. The predicted molar refractivity (Wildman–Crippen MR) is 89.2 cm³/mol. The summed E-state index contributed by atoms with van der Waals surface area (Å²) < 4.78 is 12.4. The van der Waals surface area contributed by atoms with Gasteiger partial charge in [-0.15, -0.1) is 11.3 Å². The van der Waals surface area contributed by atoms with Gasteiger partial charge in [0.1, 0.15) is 6.61 Å². The van der Waals surface area contributed by atoms with Crippen molar-refractivity contribution in [3.63, 3.8) is 0 Å². The van der Waals surface area contributed by atoms with Gasteiger partial charge in [-0.1, -0.05) is 6.07 Å². The highest BCUT2D eigenvalue weighted by atomic mass is 79.9. The Morgan fingerprint density at radius 1 is 1.29 bits per heavy atom. The molecule has 0 radical (unpaired) electrons. The van der Waals surface area contributed by atoms with Crippen molar-refractivity contribution in [1.82, 2.24) is 5.32 Å². The zero-order chi connectivity index (χ0) is 14.7. The maximum Gasteiger partial charge on any atom is 0.162 e. The van der Waals surface area contributed by atoms with E-state index in [0.29, 0.717) is 12.6 Å². The monoisotopic (exact) mass is 367 g/mol. The van der Waals surface area contributed by atoms with Crippen LogP contribution in [0.1, 0.15) is 23.3 Å². The first-order valence-electron chi connectivity index (χ1n) is 7.01. The second-order valence-corrected chi connectivity index (χ2v) is 6.98. The smallest absolute Gasteiger partial charge is 0.162 e. The standard InChI is InChI=1S/C16H18BrNO2S/c1-19-14-5-2-11(9-18-12-3-4-12)8-15(14)20-10-16-13(17)6-7-21-16/h2,5-8,12,18H,3-4,9-10H2,1H3. The summed E-state index contributed by atoms with van der Waals surface area (Å²) in [7, 11) is 1.67. The molecule has 1 aromatic heterocycles. The average Bonchev–Trinajstić information content (AvgIpc) is 3.25. The van der Waals surface area contributed by atoms with E-state index in [9.17, 15) is 0 Å². The van der Waals surface area contributed by atoms with Gasteiger partial charge in [0, 0.05) is 17.1 Å². The van der Waals surface area contributed by atoms with E-state index in [0.717, 1.165) is 22.5 Å². The van der Waals surface area contributed by atoms with Crippen LogP contribution in [-0.4, -0.2) is 13.2 Å². The van der Waals surface area contributed by atoms with Crippen molar-refractivity contribution in [1.29, 1.82) is 0 Å². The Morgan fingerprint density at radius 2 is 2.14 bits per heavy atom. The van der Waals surface area contributed by atoms with Crippen molar-refractivity contribution in [2.75, 3.05) is 7.11 Å². The number of nitrogens with one attached hydrogen (secondary N) is 1. The maximum absolute atomic E-state index is 5.94. The van der Waals surface area contributed by atoms with Crippen LogP contribution >= 0.6 is 27.3 Å². The van der Waals surface area contributed by atoms with Gasteiger partial charge in [-0.25, -0.2) is 0 Å². The minimum absolute atomic E-state index is 0.550. The van der Waals surface area contributed by atoms with E-state index < -0.39 is 0 Å². The lowest BCUT2D eigenvalue weighted by atomic mass is 10.2. The summed E-state index contributed by atoms with van der Waals surface area (Å²) in [6.07, 6.45) is 2.60. The van der Waals surface area contributed by atoms with Gasteiger partial charge in [-0.3, -0.25) is 0 Å². The van der Waals surface area contributed by atoms with Crippen molar-refractivity contribution >= 4 is 27.3 Å². The van der Waals surface area contributed by atoms with Crippen molar-refractivity contribution < 1.29 is 9.47 Å². The molecule has 21 heavy (non-hydrogen) atoms. The van der Waals surface area contributed by atoms with E-state index in [-0.39, 0.29) is 0 Å². The summed E-state index contributed by atoms with van der Waals surface area (Å²) in [5.41, 5.74) is 1.22. The summed E-state index contributed by atoms with van der Waals surface area (Å²) >= 11 is 5.21. The number of thiophene rings is 1. The molecule has 3 rings (SSSR count). The lowest BCUT2D eigenvalue weighted by Gasteiger charge is -2.12. The first-order chi connectivity index (χ1) is 10.3. The number of benzene rings is 1. The highest BCUT2D eigenvalue weighted by molar-refractivity contribution is 9.10. The van der Waals surface area contributed by atoms with Gasteiger partial charge >= 0.3 is 0 Å². The molecule has 5 heteroatoms. The Bertz CT molecular complexity index is 610. The van der Waals surface area contributed by atoms with Crippen molar-refractivity contribution in [3.05, 3.63) is 44.6 Å². The van der Waals surface area contributed by atoms with Crippen LogP contribution in [0.2, 0.25) is 0 Å². The lowest BCUT2D eigenvalue weighted by molar-refractivity contribution is 0.286. The van der Waals surface area contributed by atoms with Crippen molar-refractivity contribution in [2.24, 2.45) is 0 Å². The first-order valence-corrected chi connectivity index (χ1v) is 8.68. The molecule has 1 aliphatic rings. The first kappa shape index (κ1) is 14.9. The fraction of sp³-hybridized carbons (Fsp3) is 0.375. The molecule has 0 saturated heterocycles. The van der Waals surface area contributed by atoms with Gasteiger partial charge in [0.25, 0.3) is 0 Å². The largest absolute Gasteiger partial charge is 0.493 e. The number of ether oxygens (including phenoxy) is 2. The summed E-state index contributed by atoms with van der Waals surface area (Å²) in [5, 5.41) is 5.57. The zero-order valence-corrected chi connectivity index (χ0v) is 14.3. The molecular formula is C16H18BrNO2S. The topological polar surface area (TPSA) is 30.5 Å². The maximum atomic E-state index is 5.94. The zero-order valence-electron chi connectivity index (χ0n) is 11.9. The number of halogens is 1. The third kappa shape index (κ3) is 3.99. The molecule has 2 aromatic rings. The van der Waals surface area contributed by atoms with Crippen LogP contribution < -0.4 is 14.8 Å². The molecule has 1 saturated carbocycles. The summed E-state index contributed by atoms with van der Waals surface area (Å²) in [4.78, 5) is 1.18. The second-order valence-electron chi connectivity index (χ2n) is 5.12. The fourth-order valence-corrected chi connectivity index (χ4v) is 3.44. The Kier molecular flexibility index (Phi) is 4.83. The van der Waals surface area contributed by atoms with Crippen molar-refractivity contribution in [2.45, 2.75) is 32.0 Å². The highest BCUT2D eigenvalue weighted by Crippen LogP contribution is 2.31. The van der Waals surface area contributed by atoms with E-state index in [1.807, 2.05) is 12.1 Å². The summed E-state index contributed by atoms with van der Waals surface area (Å²) in [6.45, 7) is 1.43. The van der Waals surface area contributed by atoms with Gasteiger partial charge < -0.3 is 14.8 Å². The Balaban J connectivity index is 1.68. The van der Waals surface area contributed by atoms with E-state index in [4.69, 9.17) is 9.47 Å². The van der Waals surface area contributed by atoms with Crippen LogP contribution in [0.3, 0.4) is 0 Å². The molecular weight excluding hydrogens is 350 g/mol. The second kappa shape index (κ2) is 6.81. The van der Waals surface area contributed by atoms with Crippen LogP contribution in [0, 0.1) is 0 Å². The number of methoxy groups -OCH3 is 1. The summed E-state index contributed by atoms with van der Waals surface area (Å²) in [5.74, 6) is 1.57. The van der Waals surface area contributed by atoms with Gasteiger partial charge in [0.05, 0.1) is 12.0 Å². The molecule has 1 aromatic carbocycles. The van der Waals surface area contributed by atoms with Gasteiger partial charge in [0.15, 0.2) is 11.5 Å². The molecule has 0 aliphatic heterocycles. The van der Waals surface area contributed by atoms with E-state index in [2.05, 4.69) is 38.8 Å². The molecule has 0 atom stereocenters. The number of rotatable bonds is 7. The van der Waals surface area contributed by atoms with Crippen LogP contribution in [-0.2, 0) is 13.2 Å².